The molecule has 0 bridgehead atoms. The van der Waals surface area contributed by atoms with Gasteiger partial charge >= 0.3 is 0 Å². The van der Waals surface area contributed by atoms with Gasteiger partial charge < -0.3 is 8.83 Å². The Morgan fingerprint density at radius 3 is 1.64 bits per heavy atom. The summed E-state index contributed by atoms with van der Waals surface area (Å²) in [5.41, 5.74) is 17.6. The number of rotatable bonds is 7. The second-order valence-electron chi connectivity index (χ2n) is 17.8. The molecule has 4 heterocycles. The standard InChI is InChI=1S/C65H39N3O2/c1-3-15-43(16-4-1)60-61-51-22-7-10-26-54(51)66-63(53(61)38-59-62(60)52-23-9-12-28-58(52)69-59)44-35-29-40(30-36-44)46-19-13-20-47(37-46)56-39-55(67-65(68-56)45-17-5-2-6-18-45)42-33-31-41(32-34-42)48-24-14-25-50-49-21-8-11-27-57(49)70-64(48)50/h1-39H. The van der Waals surface area contributed by atoms with Crippen LogP contribution in [0, 0.1) is 0 Å². The van der Waals surface area contributed by atoms with Crippen molar-refractivity contribution in [3.63, 3.8) is 0 Å². The quantitative estimate of drug-likeness (QED) is 0.149. The summed E-state index contributed by atoms with van der Waals surface area (Å²) in [5, 5.41) is 7.77. The summed E-state index contributed by atoms with van der Waals surface area (Å²) in [5.74, 6) is 0.671. The molecular weight excluding hydrogens is 855 g/mol. The Hall–Kier alpha value is -9.45. The maximum atomic E-state index is 6.62. The highest BCUT2D eigenvalue weighted by Crippen LogP contribution is 2.46. The molecular formula is C65H39N3O2. The highest BCUT2D eigenvalue weighted by atomic mass is 16.3. The van der Waals surface area contributed by atoms with Gasteiger partial charge in [0.05, 0.1) is 22.6 Å². The fourth-order valence-electron chi connectivity index (χ4n) is 10.4. The van der Waals surface area contributed by atoms with Gasteiger partial charge in [-0.3, -0.25) is 0 Å². The fourth-order valence-corrected chi connectivity index (χ4v) is 10.4. The molecule has 5 nitrogen and oxygen atoms in total. The van der Waals surface area contributed by atoms with Crippen LogP contribution >= 0.6 is 0 Å². The molecule has 326 valence electrons. The fraction of sp³-hybridized carbons (Fsp3) is 0. The SMILES string of the molecule is c1ccc(-c2nc(-c3ccc(-c4cccc5c4oc4ccccc45)cc3)cc(-c3cccc(-c4ccc(-c5nc6ccccc6c6c(-c7ccccc7)c7c(cc56)oc5ccccc57)cc4)c3)n2)cc1. The van der Waals surface area contributed by atoms with Crippen molar-refractivity contribution < 1.29 is 8.83 Å². The van der Waals surface area contributed by atoms with Crippen molar-refractivity contribution in [2.75, 3.05) is 0 Å². The van der Waals surface area contributed by atoms with E-state index in [1.54, 1.807) is 0 Å². The van der Waals surface area contributed by atoms with Gasteiger partial charge in [-0.15, -0.1) is 0 Å². The van der Waals surface area contributed by atoms with Crippen LogP contribution < -0.4 is 0 Å². The zero-order valence-electron chi connectivity index (χ0n) is 37.7. The van der Waals surface area contributed by atoms with E-state index in [1.807, 2.05) is 36.4 Å². The molecule has 0 saturated heterocycles. The summed E-state index contributed by atoms with van der Waals surface area (Å²) in [7, 11) is 0. The highest BCUT2D eigenvalue weighted by Gasteiger charge is 2.22. The van der Waals surface area contributed by atoms with E-state index >= 15 is 0 Å². The lowest BCUT2D eigenvalue weighted by Gasteiger charge is -2.16. The van der Waals surface area contributed by atoms with E-state index in [4.69, 9.17) is 23.8 Å². The number of benzene rings is 10. The van der Waals surface area contributed by atoms with Gasteiger partial charge in [0.25, 0.3) is 0 Å². The van der Waals surface area contributed by atoms with Crippen LogP contribution in [0.25, 0.3) is 144 Å². The average molecular weight is 894 g/mol. The van der Waals surface area contributed by atoms with Crippen molar-refractivity contribution in [1.29, 1.82) is 0 Å². The molecule has 70 heavy (non-hydrogen) atoms. The number of hydrogen-bond donors (Lipinski definition) is 0. The van der Waals surface area contributed by atoms with Crippen molar-refractivity contribution in [3.8, 4) is 78.5 Å². The second kappa shape index (κ2) is 16.1. The lowest BCUT2D eigenvalue weighted by atomic mass is 9.89. The van der Waals surface area contributed by atoms with Gasteiger partial charge in [0.1, 0.15) is 22.3 Å². The minimum Gasteiger partial charge on any atom is -0.456 e. The molecule has 4 aromatic heterocycles. The van der Waals surface area contributed by atoms with Gasteiger partial charge in [-0.25, -0.2) is 15.0 Å². The van der Waals surface area contributed by atoms with E-state index in [9.17, 15) is 0 Å². The van der Waals surface area contributed by atoms with Crippen LogP contribution in [0.2, 0.25) is 0 Å². The molecule has 0 radical (unpaired) electrons. The molecule has 5 heteroatoms. The van der Waals surface area contributed by atoms with E-state index in [1.165, 1.54) is 0 Å². The van der Waals surface area contributed by atoms with Crippen molar-refractivity contribution in [1.82, 2.24) is 15.0 Å². The number of furan rings is 2. The van der Waals surface area contributed by atoms with Gasteiger partial charge in [0.2, 0.25) is 0 Å². The number of pyridine rings is 1. The van der Waals surface area contributed by atoms with E-state index in [0.29, 0.717) is 5.82 Å². The molecule has 0 N–H and O–H groups in total. The Labute approximate surface area is 402 Å². The number of aromatic nitrogens is 3. The molecule has 14 aromatic rings. The van der Waals surface area contributed by atoms with Gasteiger partial charge in [0.15, 0.2) is 5.82 Å². The second-order valence-corrected chi connectivity index (χ2v) is 17.8. The summed E-state index contributed by atoms with van der Waals surface area (Å²) < 4.78 is 13.0. The molecule has 0 aliphatic rings. The molecule has 0 fully saturated rings. The summed E-state index contributed by atoms with van der Waals surface area (Å²) in [6.45, 7) is 0. The Balaban J connectivity index is 0.854. The molecule has 0 unspecified atom stereocenters. The predicted octanol–water partition coefficient (Wildman–Crippen LogP) is 17.6. The molecule has 0 saturated carbocycles. The van der Waals surface area contributed by atoms with Crippen molar-refractivity contribution >= 4 is 65.6 Å². The van der Waals surface area contributed by atoms with Crippen molar-refractivity contribution in [3.05, 3.63) is 237 Å². The monoisotopic (exact) mass is 893 g/mol. The third-order valence-corrected chi connectivity index (χ3v) is 13.7. The average Bonchev–Trinajstić information content (AvgIpc) is 4.01. The largest absolute Gasteiger partial charge is 0.456 e. The number of hydrogen-bond acceptors (Lipinski definition) is 5. The smallest absolute Gasteiger partial charge is 0.160 e. The lowest BCUT2D eigenvalue weighted by Crippen LogP contribution is -1.96. The van der Waals surface area contributed by atoms with Gasteiger partial charge in [-0.1, -0.05) is 200 Å². The van der Waals surface area contributed by atoms with E-state index in [0.717, 1.165) is 138 Å². The summed E-state index contributed by atoms with van der Waals surface area (Å²) in [6.07, 6.45) is 0. The third kappa shape index (κ3) is 6.59. The van der Waals surface area contributed by atoms with Gasteiger partial charge in [-0.2, -0.15) is 0 Å². The van der Waals surface area contributed by atoms with Crippen LogP contribution in [0.5, 0.6) is 0 Å². The molecule has 0 amide bonds. The molecule has 0 aliphatic heterocycles. The highest BCUT2D eigenvalue weighted by molar-refractivity contribution is 6.27. The zero-order valence-corrected chi connectivity index (χ0v) is 37.7. The summed E-state index contributed by atoms with van der Waals surface area (Å²) in [6, 6.07) is 82.5. The van der Waals surface area contributed by atoms with E-state index < -0.39 is 0 Å². The lowest BCUT2D eigenvalue weighted by molar-refractivity contribution is 0.669. The number of para-hydroxylation sites is 4. The number of fused-ring (bicyclic) bond motifs is 9. The number of nitrogens with zero attached hydrogens (tertiary/aromatic N) is 3. The molecule has 0 spiro atoms. The first-order valence-electron chi connectivity index (χ1n) is 23.6. The van der Waals surface area contributed by atoms with E-state index in [-0.39, 0.29) is 0 Å². The Bertz CT molecular complexity index is 4330. The first-order valence-corrected chi connectivity index (χ1v) is 23.6. The normalized spacial score (nSPS) is 11.7. The predicted molar refractivity (Wildman–Crippen MR) is 287 cm³/mol. The first kappa shape index (κ1) is 39.7. The summed E-state index contributed by atoms with van der Waals surface area (Å²) >= 11 is 0. The van der Waals surface area contributed by atoms with Crippen LogP contribution in [-0.2, 0) is 0 Å². The minimum atomic E-state index is 0.671. The van der Waals surface area contributed by atoms with Crippen LogP contribution in [0.15, 0.2) is 245 Å². The van der Waals surface area contributed by atoms with Crippen LogP contribution in [-0.4, -0.2) is 15.0 Å². The molecule has 0 aliphatic carbocycles. The Kier molecular flexibility index (Phi) is 9.14. The van der Waals surface area contributed by atoms with E-state index in [2.05, 4.69) is 200 Å². The zero-order chi connectivity index (χ0) is 46.1. The topological polar surface area (TPSA) is 65.0 Å². The third-order valence-electron chi connectivity index (χ3n) is 13.7. The van der Waals surface area contributed by atoms with Crippen molar-refractivity contribution in [2.24, 2.45) is 0 Å². The summed E-state index contributed by atoms with van der Waals surface area (Å²) in [4.78, 5) is 15.7. The Morgan fingerprint density at radius 2 is 0.857 bits per heavy atom. The first-order chi connectivity index (χ1) is 34.7. The Morgan fingerprint density at radius 1 is 0.286 bits per heavy atom. The minimum absolute atomic E-state index is 0.671. The molecule has 10 aromatic carbocycles. The van der Waals surface area contributed by atoms with Crippen molar-refractivity contribution in [2.45, 2.75) is 0 Å². The van der Waals surface area contributed by atoms with Crippen LogP contribution in [0.3, 0.4) is 0 Å². The molecule has 14 rings (SSSR count). The maximum Gasteiger partial charge on any atom is 0.160 e. The van der Waals surface area contributed by atoms with Crippen LogP contribution in [0.1, 0.15) is 0 Å². The van der Waals surface area contributed by atoms with Crippen LogP contribution in [0.4, 0.5) is 0 Å². The van der Waals surface area contributed by atoms with Gasteiger partial charge in [-0.05, 0) is 58.7 Å². The molecule has 0 atom stereocenters. The maximum absolute atomic E-state index is 6.62. The van der Waals surface area contributed by atoms with Gasteiger partial charge in [0, 0.05) is 71.1 Å².